The number of nitrogens with zero attached hydrogens (tertiary/aromatic N) is 4. The predicted molar refractivity (Wildman–Crippen MR) is 217 cm³/mol. The largest absolute Gasteiger partial charge is 0.340 e. The number of Topliss-reactive ketones (excluding diaryl/α,β-unsaturated/α-hetero) is 1. The van der Waals surface area contributed by atoms with Gasteiger partial charge in [0.2, 0.25) is 5.91 Å². The van der Waals surface area contributed by atoms with Gasteiger partial charge in [0, 0.05) is 43.1 Å². The first-order valence-electron chi connectivity index (χ1n) is 19.5. The first-order chi connectivity index (χ1) is 26.4. The van der Waals surface area contributed by atoms with Crippen molar-refractivity contribution in [2.45, 2.75) is 63.5 Å². The highest BCUT2D eigenvalue weighted by Crippen LogP contribution is 2.40. The topological polar surface area (TPSA) is 81.7 Å². The number of imidazole rings is 1. The molecule has 5 aromatic rings. The molecule has 1 saturated heterocycles. The number of nitrogens with one attached hydrogen (secondary N) is 1. The molecule has 8 rings (SSSR count). The number of H-pyrrole nitrogens is 1. The quantitative estimate of drug-likeness (QED) is 0.140. The zero-order valence-corrected chi connectivity index (χ0v) is 31.3. The Balaban J connectivity index is 0.881. The molecule has 274 valence electrons. The van der Waals surface area contributed by atoms with E-state index in [0.29, 0.717) is 12.2 Å². The average molecular weight is 716 g/mol. The fourth-order valence-corrected chi connectivity index (χ4v) is 8.83. The number of rotatable bonds is 12. The number of benzene rings is 4. The van der Waals surface area contributed by atoms with Gasteiger partial charge in [-0.05, 0) is 85.2 Å². The number of hydrogen-bond donors (Lipinski definition) is 1. The van der Waals surface area contributed by atoms with Crippen LogP contribution >= 0.6 is 0 Å². The van der Waals surface area contributed by atoms with Gasteiger partial charge in [-0.2, -0.15) is 0 Å². The Kier molecular flexibility index (Phi) is 10.5. The molecule has 0 bridgehead atoms. The van der Waals surface area contributed by atoms with Crippen LogP contribution in [0.3, 0.4) is 0 Å². The molecular formula is C47H49N5O2. The third kappa shape index (κ3) is 7.51. The van der Waals surface area contributed by atoms with Crippen molar-refractivity contribution >= 4 is 23.0 Å². The van der Waals surface area contributed by atoms with E-state index in [0.717, 1.165) is 85.3 Å². The number of hydrogen-bond acceptors (Lipinski definition) is 5. The number of likely N-dealkylation sites (tertiary alicyclic amines) is 1. The smallest absolute Gasteiger partial charge is 0.245 e. The Labute approximate surface area is 318 Å². The summed E-state index contributed by atoms with van der Waals surface area (Å²) in [6, 6.07) is 37.3. The lowest BCUT2D eigenvalue weighted by Crippen LogP contribution is -2.40. The van der Waals surface area contributed by atoms with Gasteiger partial charge in [-0.1, -0.05) is 116 Å². The fourth-order valence-electron chi connectivity index (χ4n) is 8.83. The average Bonchev–Trinajstić information content (AvgIpc) is 4.05. The Bertz CT molecular complexity index is 2130. The van der Waals surface area contributed by atoms with Gasteiger partial charge in [0.15, 0.2) is 0 Å². The van der Waals surface area contributed by atoms with Gasteiger partial charge in [0.05, 0.1) is 17.9 Å². The number of amides is 1. The van der Waals surface area contributed by atoms with Crippen molar-refractivity contribution in [1.82, 2.24) is 19.8 Å². The summed E-state index contributed by atoms with van der Waals surface area (Å²) in [4.78, 5) is 44.4. The minimum atomic E-state index is -0.333. The van der Waals surface area contributed by atoms with Gasteiger partial charge in [-0.25, -0.2) is 4.98 Å². The normalized spacial score (nSPS) is 20.3. The van der Waals surface area contributed by atoms with Crippen molar-refractivity contribution < 1.29 is 9.59 Å². The van der Waals surface area contributed by atoms with E-state index in [1.54, 1.807) is 0 Å². The molecule has 7 nitrogen and oxygen atoms in total. The van der Waals surface area contributed by atoms with E-state index < -0.39 is 0 Å². The molecule has 2 fully saturated rings. The van der Waals surface area contributed by atoms with Crippen LogP contribution in [0.1, 0.15) is 79.5 Å². The molecule has 1 saturated carbocycles. The second-order valence-corrected chi connectivity index (χ2v) is 15.4. The van der Waals surface area contributed by atoms with Crippen molar-refractivity contribution in [1.29, 1.82) is 0 Å². The molecule has 4 atom stereocenters. The van der Waals surface area contributed by atoms with Crippen LogP contribution in [0.15, 0.2) is 127 Å². The summed E-state index contributed by atoms with van der Waals surface area (Å²) in [5.41, 5.74) is 10.1. The maximum atomic E-state index is 13.9. The van der Waals surface area contributed by atoms with Crippen LogP contribution in [0.5, 0.6) is 0 Å². The van der Waals surface area contributed by atoms with E-state index in [-0.39, 0.29) is 29.8 Å². The van der Waals surface area contributed by atoms with Crippen LogP contribution in [0.25, 0.3) is 28.0 Å². The summed E-state index contributed by atoms with van der Waals surface area (Å²) < 4.78 is 0. The molecule has 54 heavy (non-hydrogen) atoms. The van der Waals surface area contributed by atoms with E-state index in [1.165, 1.54) is 22.4 Å². The molecule has 7 heteroatoms. The lowest BCUT2D eigenvalue weighted by Gasteiger charge is -2.31. The first kappa shape index (κ1) is 35.6. The van der Waals surface area contributed by atoms with Gasteiger partial charge in [-0.3, -0.25) is 19.5 Å². The zero-order chi connectivity index (χ0) is 37.0. The summed E-state index contributed by atoms with van der Waals surface area (Å²) in [5, 5.41) is 0. The lowest BCUT2D eigenvalue weighted by molar-refractivity contribution is -0.137. The van der Waals surface area contributed by atoms with Crippen LogP contribution in [-0.2, 0) is 16.0 Å². The van der Waals surface area contributed by atoms with Gasteiger partial charge in [-0.15, -0.1) is 0 Å². The molecular weight excluding hydrogens is 667 g/mol. The van der Waals surface area contributed by atoms with Crippen LogP contribution in [0.2, 0.25) is 0 Å². The molecule has 0 radical (unpaired) electrons. The van der Waals surface area contributed by atoms with Crippen molar-refractivity contribution in [3.05, 3.63) is 144 Å². The van der Waals surface area contributed by atoms with Crippen LogP contribution in [0.4, 0.5) is 0 Å². The molecule has 2 aliphatic heterocycles. The van der Waals surface area contributed by atoms with Gasteiger partial charge < -0.3 is 9.88 Å². The third-order valence-corrected chi connectivity index (χ3v) is 11.7. The molecule has 1 aromatic heterocycles. The SMILES string of the molecule is CN(C)[C@@H](C(=O)N1CCC[C@H]1c1ncc(-c2ccc(-c3ccc(C4=CN=C([C@@H]5CCC[C@@H]5C(=O)CCc5ccccc5)C4)cc3)cc2)[nH]1)c1ccccc1. The molecule has 1 amide bonds. The monoisotopic (exact) mass is 715 g/mol. The third-order valence-electron chi connectivity index (χ3n) is 11.7. The molecule has 3 aliphatic rings. The Morgan fingerprint density at radius 2 is 1.46 bits per heavy atom. The van der Waals surface area contributed by atoms with E-state index in [9.17, 15) is 9.59 Å². The van der Waals surface area contributed by atoms with Crippen molar-refractivity contribution in [2.75, 3.05) is 20.6 Å². The number of aryl methyl sites for hydroxylation is 1. The number of aromatic nitrogens is 2. The highest BCUT2D eigenvalue weighted by atomic mass is 16.2. The molecule has 1 aliphatic carbocycles. The molecule has 0 unspecified atom stereocenters. The second kappa shape index (κ2) is 15.9. The van der Waals surface area contributed by atoms with Crippen molar-refractivity contribution in [3.63, 3.8) is 0 Å². The summed E-state index contributed by atoms with van der Waals surface area (Å²) >= 11 is 0. The van der Waals surface area contributed by atoms with E-state index in [4.69, 9.17) is 9.98 Å². The lowest BCUT2D eigenvalue weighted by atomic mass is 9.84. The summed E-state index contributed by atoms with van der Waals surface area (Å²) in [5.74, 6) is 1.71. The van der Waals surface area contributed by atoms with Crippen LogP contribution in [0, 0.1) is 11.8 Å². The second-order valence-electron chi connectivity index (χ2n) is 15.4. The summed E-state index contributed by atoms with van der Waals surface area (Å²) in [7, 11) is 3.93. The number of likely N-dealkylation sites (N-methyl/N-ethyl adjacent to an activating group) is 1. The standard InChI is InChI=1S/C47H49N5O2/c1-51(2)45(37-13-7-4-8-14-37)47(54)52-28-10-17-43(52)46-49-31-42(50-46)36-25-23-34(24-26-36)33-19-21-35(22-20-33)38-29-41(48-30-38)39-15-9-16-40(39)44(53)27-18-32-11-5-3-6-12-32/h3-8,11-14,19-26,30-31,39-40,43,45H,9-10,15-18,27-29H2,1-2H3,(H,49,50)/t39-,40+,43+,45-/m1/s1. The van der Waals surface area contributed by atoms with Crippen LogP contribution in [-0.4, -0.2) is 57.8 Å². The molecule has 3 heterocycles. The fraction of sp³-hybridized carbons (Fsp3) is 0.319. The van der Waals surface area contributed by atoms with Gasteiger partial charge in [0.25, 0.3) is 0 Å². The number of carbonyl (C=O) groups is 2. The van der Waals surface area contributed by atoms with E-state index >= 15 is 0 Å². The van der Waals surface area contributed by atoms with Crippen molar-refractivity contribution in [3.8, 4) is 22.4 Å². The predicted octanol–water partition coefficient (Wildman–Crippen LogP) is 9.51. The Hall–Kier alpha value is -5.40. The minimum absolute atomic E-state index is 0.0707. The molecule has 1 N–H and O–H groups in total. The Morgan fingerprint density at radius 1 is 0.796 bits per heavy atom. The highest BCUT2D eigenvalue weighted by Gasteiger charge is 2.38. The number of aromatic amines is 1. The van der Waals surface area contributed by atoms with Gasteiger partial charge >= 0.3 is 0 Å². The molecule has 4 aromatic carbocycles. The Morgan fingerprint density at radius 3 is 2.17 bits per heavy atom. The number of ketones is 1. The number of allylic oxidation sites excluding steroid dienone is 1. The minimum Gasteiger partial charge on any atom is -0.340 e. The highest BCUT2D eigenvalue weighted by molar-refractivity contribution is 6.02. The summed E-state index contributed by atoms with van der Waals surface area (Å²) in [6.45, 7) is 0.729. The van der Waals surface area contributed by atoms with E-state index in [1.807, 2.05) is 84.8 Å². The van der Waals surface area contributed by atoms with Gasteiger partial charge in [0.1, 0.15) is 17.6 Å². The maximum Gasteiger partial charge on any atom is 0.245 e. The van der Waals surface area contributed by atoms with Crippen LogP contribution < -0.4 is 0 Å². The maximum absolute atomic E-state index is 13.9. The summed E-state index contributed by atoms with van der Waals surface area (Å²) in [6.07, 6.45) is 11.1. The first-order valence-corrected chi connectivity index (χ1v) is 19.5. The number of carbonyl (C=O) groups excluding carboxylic acids is 2. The zero-order valence-electron chi connectivity index (χ0n) is 31.3. The van der Waals surface area contributed by atoms with E-state index in [2.05, 4.69) is 65.6 Å². The van der Waals surface area contributed by atoms with Crippen molar-refractivity contribution in [2.24, 2.45) is 16.8 Å². The number of aliphatic imine (C=N–C) groups is 1. The molecule has 0 spiro atoms.